The van der Waals surface area contributed by atoms with Gasteiger partial charge in [-0.2, -0.15) is 0 Å². The number of rotatable bonds is 5. The average molecular weight is 324 g/mol. The van der Waals surface area contributed by atoms with Gasteiger partial charge in [-0.1, -0.05) is 30.3 Å². The third-order valence-electron chi connectivity index (χ3n) is 4.13. The minimum atomic E-state index is 0.510. The molecule has 2 aromatic rings. The summed E-state index contributed by atoms with van der Waals surface area (Å²) in [4.78, 5) is 10.9. The number of pyridine rings is 1. The van der Waals surface area contributed by atoms with Crippen molar-refractivity contribution in [1.29, 1.82) is 0 Å². The van der Waals surface area contributed by atoms with Gasteiger partial charge in [-0.15, -0.1) is 0 Å². The SMILES string of the molecule is NC(=NCc1ccnc(OCc2ccccc2)c1)N1CCCCC1. The van der Waals surface area contributed by atoms with Gasteiger partial charge in [0.1, 0.15) is 6.61 Å². The maximum atomic E-state index is 6.10. The summed E-state index contributed by atoms with van der Waals surface area (Å²) in [5.41, 5.74) is 8.27. The second kappa shape index (κ2) is 8.34. The topological polar surface area (TPSA) is 63.7 Å². The van der Waals surface area contributed by atoms with E-state index in [1.165, 1.54) is 19.3 Å². The molecule has 126 valence electrons. The first kappa shape index (κ1) is 16.3. The number of ether oxygens (including phenoxy) is 1. The summed E-state index contributed by atoms with van der Waals surface area (Å²) in [6.07, 6.45) is 5.43. The summed E-state index contributed by atoms with van der Waals surface area (Å²) in [5.74, 6) is 1.25. The lowest BCUT2D eigenvalue weighted by Crippen LogP contribution is -2.40. The molecule has 0 unspecified atom stereocenters. The van der Waals surface area contributed by atoms with Crippen LogP contribution in [0.15, 0.2) is 53.7 Å². The Morgan fingerprint density at radius 3 is 2.67 bits per heavy atom. The number of hydrogen-bond acceptors (Lipinski definition) is 3. The summed E-state index contributed by atoms with van der Waals surface area (Å²) >= 11 is 0. The molecule has 24 heavy (non-hydrogen) atoms. The molecule has 5 nitrogen and oxygen atoms in total. The van der Waals surface area contributed by atoms with Crippen molar-refractivity contribution in [3.8, 4) is 5.88 Å². The fourth-order valence-electron chi connectivity index (χ4n) is 2.75. The van der Waals surface area contributed by atoms with Crippen molar-refractivity contribution in [1.82, 2.24) is 9.88 Å². The third kappa shape index (κ3) is 4.72. The molecule has 2 N–H and O–H groups in total. The van der Waals surface area contributed by atoms with E-state index in [2.05, 4.69) is 14.9 Å². The van der Waals surface area contributed by atoms with Crippen LogP contribution in [0.5, 0.6) is 5.88 Å². The molecular formula is C19H24N4O. The first-order chi connectivity index (χ1) is 11.8. The molecule has 1 fully saturated rings. The molecule has 1 aliphatic rings. The Kier molecular flexibility index (Phi) is 5.66. The highest BCUT2D eigenvalue weighted by Gasteiger charge is 2.11. The van der Waals surface area contributed by atoms with E-state index in [0.717, 1.165) is 24.2 Å². The predicted octanol–water partition coefficient (Wildman–Crippen LogP) is 2.96. The number of benzene rings is 1. The second-order valence-corrected chi connectivity index (χ2v) is 6.00. The molecule has 2 heterocycles. The number of aliphatic imine (C=N–C) groups is 1. The van der Waals surface area contributed by atoms with Crippen LogP contribution < -0.4 is 10.5 Å². The lowest BCUT2D eigenvalue weighted by Gasteiger charge is -2.27. The smallest absolute Gasteiger partial charge is 0.213 e. The normalized spacial score (nSPS) is 15.3. The fourth-order valence-corrected chi connectivity index (χ4v) is 2.75. The highest BCUT2D eigenvalue weighted by atomic mass is 16.5. The molecule has 0 saturated carbocycles. The van der Waals surface area contributed by atoms with Crippen molar-refractivity contribution in [2.24, 2.45) is 10.7 Å². The molecule has 0 radical (unpaired) electrons. The molecule has 3 rings (SSSR count). The Balaban J connectivity index is 1.56. The zero-order valence-corrected chi connectivity index (χ0v) is 13.9. The van der Waals surface area contributed by atoms with Gasteiger partial charge in [-0.05, 0) is 36.5 Å². The van der Waals surface area contributed by atoms with E-state index in [1.54, 1.807) is 6.20 Å². The Bertz CT molecular complexity index is 666. The van der Waals surface area contributed by atoms with Gasteiger partial charge in [0, 0.05) is 25.4 Å². The number of nitrogens with zero attached hydrogens (tertiary/aromatic N) is 3. The quantitative estimate of drug-likeness (QED) is 0.678. The molecule has 1 saturated heterocycles. The molecule has 1 aromatic heterocycles. The van der Waals surface area contributed by atoms with E-state index in [1.807, 2.05) is 42.5 Å². The summed E-state index contributed by atoms with van der Waals surface area (Å²) in [5, 5.41) is 0. The van der Waals surface area contributed by atoms with E-state index in [0.29, 0.717) is 25.0 Å². The fraction of sp³-hybridized carbons (Fsp3) is 0.368. The van der Waals surface area contributed by atoms with Crippen LogP contribution in [-0.2, 0) is 13.2 Å². The number of piperidine rings is 1. The monoisotopic (exact) mass is 324 g/mol. The number of nitrogens with two attached hydrogens (primary N) is 1. The van der Waals surface area contributed by atoms with Gasteiger partial charge < -0.3 is 15.4 Å². The number of likely N-dealkylation sites (tertiary alicyclic amines) is 1. The second-order valence-electron chi connectivity index (χ2n) is 6.00. The van der Waals surface area contributed by atoms with Crippen LogP contribution in [0, 0.1) is 0 Å². The van der Waals surface area contributed by atoms with Crippen LogP contribution in [0.3, 0.4) is 0 Å². The lowest BCUT2D eigenvalue weighted by molar-refractivity contribution is 0.293. The largest absolute Gasteiger partial charge is 0.473 e. The Labute approximate surface area is 143 Å². The summed E-state index contributed by atoms with van der Waals surface area (Å²) < 4.78 is 5.75. The van der Waals surface area contributed by atoms with Gasteiger partial charge >= 0.3 is 0 Å². The van der Waals surface area contributed by atoms with E-state index in [-0.39, 0.29) is 0 Å². The third-order valence-corrected chi connectivity index (χ3v) is 4.13. The number of guanidine groups is 1. The molecule has 0 spiro atoms. The van der Waals surface area contributed by atoms with E-state index < -0.39 is 0 Å². The zero-order chi connectivity index (χ0) is 16.6. The number of hydrogen-bond donors (Lipinski definition) is 1. The van der Waals surface area contributed by atoms with Gasteiger partial charge in [0.05, 0.1) is 6.54 Å². The maximum absolute atomic E-state index is 6.10. The van der Waals surface area contributed by atoms with Crippen LogP contribution in [-0.4, -0.2) is 28.9 Å². The van der Waals surface area contributed by atoms with Crippen molar-refractivity contribution in [2.75, 3.05) is 13.1 Å². The van der Waals surface area contributed by atoms with Crippen molar-refractivity contribution < 1.29 is 4.74 Å². The molecule has 0 atom stereocenters. The maximum Gasteiger partial charge on any atom is 0.213 e. The predicted molar refractivity (Wildman–Crippen MR) is 95.8 cm³/mol. The van der Waals surface area contributed by atoms with Crippen LogP contribution >= 0.6 is 0 Å². The van der Waals surface area contributed by atoms with E-state index in [9.17, 15) is 0 Å². The van der Waals surface area contributed by atoms with Crippen LogP contribution in [0.2, 0.25) is 0 Å². The minimum Gasteiger partial charge on any atom is -0.473 e. The lowest BCUT2D eigenvalue weighted by atomic mass is 10.1. The Morgan fingerprint density at radius 1 is 1.08 bits per heavy atom. The van der Waals surface area contributed by atoms with Crippen molar-refractivity contribution >= 4 is 5.96 Å². The highest BCUT2D eigenvalue weighted by Crippen LogP contribution is 2.13. The van der Waals surface area contributed by atoms with Gasteiger partial charge in [-0.3, -0.25) is 0 Å². The molecule has 1 aliphatic heterocycles. The van der Waals surface area contributed by atoms with E-state index >= 15 is 0 Å². The summed E-state index contributed by atoms with van der Waals surface area (Å²) in [6.45, 7) is 3.08. The van der Waals surface area contributed by atoms with Crippen LogP contribution in [0.1, 0.15) is 30.4 Å². The Hall–Kier alpha value is -2.56. The molecule has 1 aromatic carbocycles. The average Bonchev–Trinajstić information content (AvgIpc) is 2.66. The standard InChI is InChI=1S/C19H24N4O/c20-19(23-11-5-2-6-12-23)22-14-17-9-10-21-18(13-17)24-15-16-7-3-1-4-8-16/h1,3-4,7-10,13H,2,5-6,11-12,14-15H2,(H2,20,22). The van der Waals surface area contributed by atoms with Gasteiger partial charge in [0.2, 0.25) is 5.88 Å². The molecular weight excluding hydrogens is 300 g/mol. The zero-order valence-electron chi connectivity index (χ0n) is 13.9. The molecule has 0 bridgehead atoms. The van der Waals surface area contributed by atoms with Gasteiger partial charge in [0.15, 0.2) is 5.96 Å². The highest BCUT2D eigenvalue weighted by molar-refractivity contribution is 5.78. The van der Waals surface area contributed by atoms with E-state index in [4.69, 9.17) is 10.5 Å². The summed E-state index contributed by atoms with van der Waals surface area (Å²) in [7, 11) is 0. The van der Waals surface area contributed by atoms with Crippen molar-refractivity contribution in [2.45, 2.75) is 32.4 Å². The van der Waals surface area contributed by atoms with Crippen LogP contribution in [0.4, 0.5) is 0 Å². The van der Waals surface area contributed by atoms with Crippen molar-refractivity contribution in [3.05, 3.63) is 59.8 Å². The Morgan fingerprint density at radius 2 is 1.88 bits per heavy atom. The first-order valence-electron chi connectivity index (χ1n) is 8.48. The van der Waals surface area contributed by atoms with Gasteiger partial charge in [-0.25, -0.2) is 9.98 Å². The molecule has 5 heteroatoms. The van der Waals surface area contributed by atoms with Crippen LogP contribution in [0.25, 0.3) is 0 Å². The molecule has 0 aliphatic carbocycles. The molecule has 0 amide bonds. The van der Waals surface area contributed by atoms with Gasteiger partial charge in [0.25, 0.3) is 0 Å². The summed E-state index contributed by atoms with van der Waals surface area (Å²) in [6, 6.07) is 13.9. The first-order valence-corrected chi connectivity index (χ1v) is 8.48. The van der Waals surface area contributed by atoms with Crippen molar-refractivity contribution in [3.63, 3.8) is 0 Å². The number of aromatic nitrogens is 1. The minimum absolute atomic E-state index is 0.510.